The van der Waals surface area contributed by atoms with Crippen LogP contribution in [0, 0.1) is 11.8 Å². The number of benzene rings is 4. The zero-order valence-electron chi connectivity index (χ0n) is 22.9. The van der Waals surface area contributed by atoms with Gasteiger partial charge >= 0.3 is 5.91 Å². The van der Waals surface area contributed by atoms with Gasteiger partial charge in [0.15, 0.2) is 0 Å². The van der Waals surface area contributed by atoms with Crippen molar-refractivity contribution in [1.29, 1.82) is 0 Å². The fourth-order valence-electron chi connectivity index (χ4n) is 5.28. The number of likely N-dealkylation sites (tertiary alicyclic amines) is 1. The molecule has 6 nitrogen and oxygen atoms in total. The lowest BCUT2D eigenvalue weighted by Gasteiger charge is -2.17. The molecule has 4 aromatic carbocycles. The summed E-state index contributed by atoms with van der Waals surface area (Å²) in [5.74, 6) is 4.84. The number of amides is 2. The molecule has 0 saturated carbocycles. The number of halogens is 1. The summed E-state index contributed by atoms with van der Waals surface area (Å²) in [5, 5.41) is 9.75. The highest BCUT2D eigenvalue weighted by atomic mass is 35.5. The van der Waals surface area contributed by atoms with E-state index in [0.29, 0.717) is 27.5 Å². The third-order valence-corrected chi connectivity index (χ3v) is 7.54. The summed E-state index contributed by atoms with van der Waals surface area (Å²) in [7, 11) is 0. The van der Waals surface area contributed by atoms with Crippen LogP contribution in [0.4, 0.5) is 17.1 Å². The molecule has 2 heterocycles. The first-order valence-electron chi connectivity index (χ1n) is 13.9. The lowest BCUT2D eigenvalue weighted by atomic mass is 9.99. The number of fused-ring (bicyclic) bond motifs is 1. The van der Waals surface area contributed by atoms with Gasteiger partial charge in [-0.2, -0.15) is 0 Å². The average Bonchev–Trinajstić information content (AvgIpc) is 3.62. The van der Waals surface area contributed by atoms with E-state index in [4.69, 9.17) is 11.6 Å². The molecule has 1 fully saturated rings. The van der Waals surface area contributed by atoms with E-state index >= 15 is 0 Å². The maximum atomic E-state index is 13.4. The van der Waals surface area contributed by atoms with Crippen molar-refractivity contribution in [2.24, 2.45) is 0 Å². The van der Waals surface area contributed by atoms with Gasteiger partial charge in [0.05, 0.1) is 17.0 Å². The normalized spacial score (nSPS) is 15.3. The van der Waals surface area contributed by atoms with Crippen LogP contribution in [0.25, 0.3) is 11.3 Å². The molecule has 0 bridgehead atoms. The van der Waals surface area contributed by atoms with E-state index in [1.165, 1.54) is 18.4 Å². The van der Waals surface area contributed by atoms with Crippen molar-refractivity contribution in [1.82, 2.24) is 4.90 Å². The molecule has 0 aliphatic carbocycles. The van der Waals surface area contributed by atoms with Crippen LogP contribution in [0.15, 0.2) is 97.1 Å². The van der Waals surface area contributed by atoms with E-state index in [0.717, 1.165) is 42.1 Å². The summed E-state index contributed by atoms with van der Waals surface area (Å²) in [6.07, 6.45) is 2.54. The average molecular weight is 573 g/mol. The fraction of sp³-hybridized carbons (Fsp3) is 0.143. The Balaban J connectivity index is 1.26. The van der Waals surface area contributed by atoms with E-state index in [9.17, 15) is 9.59 Å². The monoisotopic (exact) mass is 572 g/mol. The maximum Gasteiger partial charge on any atom is 0.300 e. The van der Waals surface area contributed by atoms with Gasteiger partial charge in [0.1, 0.15) is 0 Å². The molecule has 4 aromatic rings. The van der Waals surface area contributed by atoms with E-state index in [-0.39, 0.29) is 5.91 Å². The molecular formula is C35H29ClN4O2. The summed E-state index contributed by atoms with van der Waals surface area (Å²) in [6.45, 7) is 3.26. The topological polar surface area (TPSA) is 73.5 Å². The molecule has 0 unspecified atom stereocenters. The Morgan fingerprint density at radius 2 is 1.64 bits per heavy atom. The number of carbonyl (C=O) groups is 2. The predicted molar refractivity (Wildman–Crippen MR) is 170 cm³/mol. The van der Waals surface area contributed by atoms with Crippen molar-refractivity contribution in [3.63, 3.8) is 0 Å². The number of carbonyl (C=O) groups excluding carboxylic acids is 2. The first-order chi connectivity index (χ1) is 20.5. The van der Waals surface area contributed by atoms with Gasteiger partial charge in [0, 0.05) is 40.0 Å². The van der Waals surface area contributed by atoms with Crippen molar-refractivity contribution >= 4 is 51.7 Å². The SMILES string of the molecule is O=C(C#Cc1ccc2c(c1)NC(=O)C2=C(Nc1ccc(CN2CCCC2)cc1)c1ccccc1)Nc1cccc(Cl)c1. The lowest BCUT2D eigenvalue weighted by Crippen LogP contribution is -2.18. The van der Waals surface area contributed by atoms with E-state index in [1.807, 2.05) is 42.5 Å². The Kier molecular flexibility index (Phi) is 8.05. The smallest absolute Gasteiger partial charge is 0.300 e. The summed E-state index contributed by atoms with van der Waals surface area (Å²) in [4.78, 5) is 28.2. The van der Waals surface area contributed by atoms with Crippen molar-refractivity contribution in [2.45, 2.75) is 19.4 Å². The van der Waals surface area contributed by atoms with Gasteiger partial charge in [-0.15, -0.1) is 0 Å². The summed E-state index contributed by atoms with van der Waals surface area (Å²) in [6, 6.07) is 30.6. The van der Waals surface area contributed by atoms with Gasteiger partial charge in [-0.25, -0.2) is 0 Å². The second-order valence-corrected chi connectivity index (χ2v) is 10.8. The Morgan fingerprint density at radius 1 is 0.857 bits per heavy atom. The highest BCUT2D eigenvalue weighted by Gasteiger charge is 2.28. The van der Waals surface area contributed by atoms with Crippen LogP contribution >= 0.6 is 11.6 Å². The summed E-state index contributed by atoms with van der Waals surface area (Å²) < 4.78 is 0. The fourth-order valence-corrected chi connectivity index (χ4v) is 5.47. The maximum absolute atomic E-state index is 13.4. The number of nitrogens with zero attached hydrogens (tertiary/aromatic N) is 1. The van der Waals surface area contributed by atoms with Crippen LogP contribution in [0.5, 0.6) is 0 Å². The highest BCUT2D eigenvalue weighted by molar-refractivity contribution is 6.37. The van der Waals surface area contributed by atoms with Crippen LogP contribution in [-0.2, 0) is 16.1 Å². The van der Waals surface area contributed by atoms with Crippen molar-refractivity contribution < 1.29 is 9.59 Å². The van der Waals surface area contributed by atoms with E-state index in [1.54, 1.807) is 30.3 Å². The summed E-state index contributed by atoms with van der Waals surface area (Å²) >= 11 is 5.99. The van der Waals surface area contributed by atoms with Crippen molar-refractivity contribution in [2.75, 3.05) is 29.0 Å². The molecule has 2 aliphatic rings. The molecule has 208 valence electrons. The predicted octanol–water partition coefficient (Wildman–Crippen LogP) is 6.86. The molecule has 0 spiro atoms. The molecule has 42 heavy (non-hydrogen) atoms. The van der Waals surface area contributed by atoms with E-state index < -0.39 is 5.91 Å². The minimum atomic E-state index is -0.454. The van der Waals surface area contributed by atoms with Crippen LogP contribution in [0.2, 0.25) is 5.02 Å². The van der Waals surface area contributed by atoms with Crippen molar-refractivity contribution in [3.05, 3.63) is 124 Å². The first kappa shape index (κ1) is 27.3. The summed E-state index contributed by atoms with van der Waals surface area (Å²) in [5.41, 5.74) is 6.95. The van der Waals surface area contributed by atoms with Crippen LogP contribution in [0.1, 0.15) is 35.1 Å². The molecule has 0 atom stereocenters. The molecular weight excluding hydrogens is 544 g/mol. The second kappa shape index (κ2) is 12.4. The van der Waals surface area contributed by atoms with Crippen LogP contribution in [-0.4, -0.2) is 29.8 Å². The Hall–Kier alpha value is -4.83. The largest absolute Gasteiger partial charge is 0.354 e. The molecule has 1 saturated heterocycles. The minimum absolute atomic E-state index is 0.203. The third kappa shape index (κ3) is 6.39. The Labute approximate surface area is 250 Å². The van der Waals surface area contributed by atoms with E-state index in [2.05, 4.69) is 57.0 Å². The van der Waals surface area contributed by atoms with Gasteiger partial charge in [0.2, 0.25) is 0 Å². The first-order valence-corrected chi connectivity index (χ1v) is 14.3. The van der Waals surface area contributed by atoms with Gasteiger partial charge in [-0.1, -0.05) is 72.1 Å². The molecule has 3 N–H and O–H groups in total. The minimum Gasteiger partial charge on any atom is -0.354 e. The molecule has 7 heteroatoms. The number of anilines is 3. The zero-order chi connectivity index (χ0) is 28.9. The third-order valence-electron chi connectivity index (χ3n) is 7.31. The number of rotatable bonds is 6. The molecule has 2 amide bonds. The molecule has 6 rings (SSSR count). The van der Waals surface area contributed by atoms with Crippen LogP contribution < -0.4 is 16.0 Å². The highest BCUT2D eigenvalue weighted by Crippen LogP contribution is 2.38. The van der Waals surface area contributed by atoms with Crippen LogP contribution in [0.3, 0.4) is 0 Å². The quantitative estimate of drug-likeness (QED) is 0.174. The zero-order valence-corrected chi connectivity index (χ0v) is 23.7. The van der Waals surface area contributed by atoms with Gasteiger partial charge < -0.3 is 16.0 Å². The molecule has 0 aromatic heterocycles. The number of nitrogens with one attached hydrogen (secondary N) is 3. The van der Waals surface area contributed by atoms with Gasteiger partial charge in [-0.3, -0.25) is 14.5 Å². The Morgan fingerprint density at radius 3 is 2.40 bits per heavy atom. The second-order valence-electron chi connectivity index (χ2n) is 10.4. The van der Waals surface area contributed by atoms with Crippen molar-refractivity contribution in [3.8, 4) is 11.8 Å². The molecule has 0 radical (unpaired) electrons. The van der Waals surface area contributed by atoms with Gasteiger partial charge in [0.25, 0.3) is 5.91 Å². The lowest BCUT2D eigenvalue weighted by molar-refractivity contribution is -0.111. The Bertz CT molecular complexity index is 1730. The van der Waals surface area contributed by atoms with Gasteiger partial charge in [-0.05, 0) is 79.5 Å². The molecule has 2 aliphatic heterocycles. The standard InChI is InChI=1S/C35H29ClN4O2/c36-27-9-6-10-29(22-27)37-32(41)18-14-24-13-17-30-31(21-24)39-35(42)33(30)34(26-7-2-1-3-8-26)38-28-15-11-25(12-16-28)23-40-19-4-5-20-40/h1-3,6-13,15-17,21-22,38H,4-5,19-20,23H2,(H,37,41)(H,39,42). The number of hydrogen-bond acceptors (Lipinski definition) is 4. The number of hydrogen-bond donors (Lipinski definition) is 3.